The monoisotopic (exact) mass is 285 g/mol. The van der Waals surface area contributed by atoms with Crippen LogP contribution in [0.1, 0.15) is 27.2 Å². The van der Waals surface area contributed by atoms with Crippen LogP contribution in [0.4, 0.5) is 0 Å². The highest BCUT2D eigenvalue weighted by molar-refractivity contribution is 5.90. The Labute approximate surface area is 121 Å². The molecule has 1 aliphatic heterocycles. The third kappa shape index (κ3) is 2.65. The van der Waals surface area contributed by atoms with E-state index in [0.29, 0.717) is 25.1 Å². The molecular weight excluding hydrogens is 270 g/mol. The lowest BCUT2D eigenvalue weighted by Crippen LogP contribution is -2.37. The summed E-state index contributed by atoms with van der Waals surface area (Å²) in [5, 5.41) is 15.8. The summed E-state index contributed by atoms with van der Waals surface area (Å²) in [6.45, 7) is 1.01. The molecule has 2 aromatic rings. The molecule has 0 spiro atoms. The predicted molar refractivity (Wildman–Crippen MR) is 74.8 cm³/mol. The van der Waals surface area contributed by atoms with Crippen molar-refractivity contribution in [2.24, 2.45) is 0 Å². The van der Waals surface area contributed by atoms with Crippen molar-refractivity contribution < 1.29 is 14.7 Å². The van der Waals surface area contributed by atoms with Crippen LogP contribution >= 0.6 is 0 Å². The third-order valence-electron chi connectivity index (χ3n) is 3.75. The Morgan fingerprint density at radius 1 is 1.33 bits per heavy atom. The maximum atomic E-state index is 12.3. The molecule has 0 bridgehead atoms. The van der Waals surface area contributed by atoms with E-state index >= 15 is 0 Å². The van der Waals surface area contributed by atoms with Gasteiger partial charge in [0.15, 0.2) is 0 Å². The summed E-state index contributed by atoms with van der Waals surface area (Å²) in [6, 6.07) is 7.00. The zero-order valence-electron chi connectivity index (χ0n) is 11.4. The maximum absolute atomic E-state index is 12.3. The highest BCUT2D eigenvalue weighted by Crippen LogP contribution is 2.23. The molecule has 0 atom stereocenters. The lowest BCUT2D eigenvalue weighted by molar-refractivity contribution is -0.131. The lowest BCUT2D eigenvalue weighted by atomic mass is 9.94. The fraction of sp³-hybridized carbons (Fsp3) is 0.267. The second-order valence-corrected chi connectivity index (χ2v) is 5.07. The quantitative estimate of drug-likeness (QED) is 0.888. The van der Waals surface area contributed by atoms with Gasteiger partial charge in [0, 0.05) is 25.0 Å². The molecule has 0 saturated carbocycles. The molecule has 0 fully saturated rings. The number of H-pyrrole nitrogens is 1. The van der Waals surface area contributed by atoms with Crippen molar-refractivity contribution in [2.75, 3.05) is 6.54 Å². The van der Waals surface area contributed by atoms with Gasteiger partial charge in [-0.15, -0.1) is 0 Å². The van der Waals surface area contributed by atoms with E-state index in [9.17, 15) is 14.7 Å². The summed E-state index contributed by atoms with van der Waals surface area (Å²) in [5.41, 5.74) is 2.88. The number of carbonyl (C=O) groups is 2. The SMILES string of the molecule is O=C(O)c1cccc2c1CCN(C(=O)Cc1ccn[nH]1)C2. The van der Waals surface area contributed by atoms with E-state index in [1.807, 2.05) is 6.07 Å². The van der Waals surface area contributed by atoms with Crippen molar-refractivity contribution in [1.82, 2.24) is 15.1 Å². The summed E-state index contributed by atoms with van der Waals surface area (Å²) < 4.78 is 0. The number of hydrogen-bond acceptors (Lipinski definition) is 3. The number of nitrogens with one attached hydrogen (secondary N) is 1. The van der Waals surface area contributed by atoms with Gasteiger partial charge < -0.3 is 10.0 Å². The minimum atomic E-state index is -0.913. The van der Waals surface area contributed by atoms with Gasteiger partial charge in [0.25, 0.3) is 0 Å². The van der Waals surface area contributed by atoms with Gasteiger partial charge in [-0.3, -0.25) is 9.89 Å². The minimum Gasteiger partial charge on any atom is -0.478 e. The molecule has 3 rings (SSSR count). The third-order valence-corrected chi connectivity index (χ3v) is 3.75. The molecule has 2 N–H and O–H groups in total. The average Bonchev–Trinajstić information content (AvgIpc) is 2.98. The summed E-state index contributed by atoms with van der Waals surface area (Å²) in [7, 11) is 0. The first kappa shape index (κ1) is 13.4. The smallest absolute Gasteiger partial charge is 0.335 e. The van der Waals surface area contributed by atoms with Crippen LogP contribution in [0.2, 0.25) is 0 Å². The Morgan fingerprint density at radius 2 is 2.19 bits per heavy atom. The topological polar surface area (TPSA) is 86.3 Å². The van der Waals surface area contributed by atoms with E-state index in [0.717, 1.165) is 16.8 Å². The van der Waals surface area contributed by atoms with Crippen LogP contribution < -0.4 is 0 Å². The lowest BCUT2D eigenvalue weighted by Gasteiger charge is -2.29. The van der Waals surface area contributed by atoms with Crippen molar-refractivity contribution >= 4 is 11.9 Å². The molecule has 0 unspecified atom stereocenters. The molecule has 1 aromatic heterocycles. The summed E-state index contributed by atoms with van der Waals surface area (Å²) in [6.07, 6.45) is 2.48. The zero-order chi connectivity index (χ0) is 14.8. The number of nitrogens with zero attached hydrogens (tertiary/aromatic N) is 2. The standard InChI is InChI=1S/C15H15N3O3/c19-14(8-11-4-6-16-17-11)18-7-5-12-10(9-18)2-1-3-13(12)15(20)21/h1-4,6H,5,7-9H2,(H,16,17)(H,20,21). The molecule has 0 saturated heterocycles. The van der Waals surface area contributed by atoms with Crippen LogP contribution in [-0.4, -0.2) is 38.6 Å². The zero-order valence-corrected chi connectivity index (χ0v) is 11.4. The van der Waals surface area contributed by atoms with E-state index in [1.54, 1.807) is 29.3 Å². The molecule has 6 nitrogen and oxygen atoms in total. The normalized spacial score (nSPS) is 13.8. The first-order chi connectivity index (χ1) is 10.1. The van der Waals surface area contributed by atoms with Crippen molar-refractivity contribution in [3.8, 4) is 0 Å². The number of fused-ring (bicyclic) bond motifs is 1. The molecule has 1 aromatic carbocycles. The highest BCUT2D eigenvalue weighted by atomic mass is 16.4. The summed E-state index contributed by atoms with van der Waals surface area (Å²) in [5.74, 6) is -0.894. The van der Waals surface area contributed by atoms with E-state index in [1.165, 1.54) is 0 Å². The largest absolute Gasteiger partial charge is 0.478 e. The van der Waals surface area contributed by atoms with Gasteiger partial charge in [0.2, 0.25) is 5.91 Å². The van der Waals surface area contributed by atoms with E-state index < -0.39 is 5.97 Å². The van der Waals surface area contributed by atoms with Gasteiger partial charge in [-0.1, -0.05) is 12.1 Å². The van der Waals surface area contributed by atoms with Gasteiger partial charge in [-0.25, -0.2) is 4.79 Å². The fourth-order valence-electron chi connectivity index (χ4n) is 2.68. The first-order valence-electron chi connectivity index (χ1n) is 6.75. The number of carboxylic acids is 1. The number of hydrogen-bond donors (Lipinski definition) is 2. The molecule has 1 amide bonds. The Bertz CT molecular complexity index is 679. The minimum absolute atomic E-state index is 0.0191. The Hall–Kier alpha value is -2.63. The van der Waals surface area contributed by atoms with E-state index in [4.69, 9.17) is 0 Å². The molecule has 2 heterocycles. The van der Waals surface area contributed by atoms with Crippen molar-refractivity contribution in [1.29, 1.82) is 0 Å². The average molecular weight is 285 g/mol. The second kappa shape index (κ2) is 5.40. The number of amides is 1. The Morgan fingerprint density at radius 3 is 2.90 bits per heavy atom. The van der Waals surface area contributed by atoms with Gasteiger partial charge in [0.1, 0.15) is 0 Å². The van der Waals surface area contributed by atoms with E-state index in [2.05, 4.69) is 10.2 Å². The van der Waals surface area contributed by atoms with Crippen LogP contribution in [0.5, 0.6) is 0 Å². The molecule has 0 radical (unpaired) electrons. The fourth-order valence-corrected chi connectivity index (χ4v) is 2.68. The first-order valence-corrected chi connectivity index (χ1v) is 6.75. The number of rotatable bonds is 3. The van der Waals surface area contributed by atoms with Gasteiger partial charge in [0.05, 0.1) is 12.0 Å². The Kier molecular flexibility index (Phi) is 3.43. The van der Waals surface area contributed by atoms with Crippen molar-refractivity contribution in [3.63, 3.8) is 0 Å². The van der Waals surface area contributed by atoms with Gasteiger partial charge >= 0.3 is 5.97 Å². The number of aromatic carboxylic acids is 1. The van der Waals surface area contributed by atoms with E-state index in [-0.39, 0.29) is 12.3 Å². The molecule has 1 aliphatic rings. The summed E-state index contributed by atoms with van der Waals surface area (Å²) in [4.78, 5) is 25.2. The van der Waals surface area contributed by atoms with Gasteiger partial charge in [-0.2, -0.15) is 5.10 Å². The van der Waals surface area contributed by atoms with Crippen LogP contribution in [-0.2, 0) is 24.2 Å². The van der Waals surface area contributed by atoms with Crippen LogP contribution in [0.15, 0.2) is 30.5 Å². The number of aromatic nitrogens is 2. The number of carbonyl (C=O) groups excluding carboxylic acids is 1. The molecular formula is C15H15N3O3. The number of carboxylic acid groups (broad SMARTS) is 1. The molecule has 0 aliphatic carbocycles. The molecule has 108 valence electrons. The maximum Gasteiger partial charge on any atom is 0.335 e. The number of benzene rings is 1. The van der Waals surface area contributed by atoms with Crippen LogP contribution in [0, 0.1) is 0 Å². The predicted octanol–water partition coefficient (Wildman–Crippen LogP) is 1.24. The summed E-state index contributed by atoms with van der Waals surface area (Å²) >= 11 is 0. The van der Waals surface area contributed by atoms with Crippen molar-refractivity contribution in [3.05, 3.63) is 52.8 Å². The van der Waals surface area contributed by atoms with Crippen molar-refractivity contribution in [2.45, 2.75) is 19.4 Å². The number of aromatic amines is 1. The Balaban J connectivity index is 1.77. The molecule has 6 heteroatoms. The van der Waals surface area contributed by atoms with Gasteiger partial charge in [-0.05, 0) is 29.7 Å². The van der Waals surface area contributed by atoms with Crippen LogP contribution in [0.3, 0.4) is 0 Å². The van der Waals surface area contributed by atoms with Crippen LogP contribution in [0.25, 0.3) is 0 Å². The highest BCUT2D eigenvalue weighted by Gasteiger charge is 2.24. The second-order valence-electron chi connectivity index (χ2n) is 5.07. The molecule has 21 heavy (non-hydrogen) atoms.